The molecule has 1 aliphatic carbocycles. The molecular weight excluding hydrogens is 162 g/mol. The Morgan fingerprint density at radius 3 is 3.18 bits per heavy atom. The van der Waals surface area contributed by atoms with Gasteiger partial charge >= 0.3 is 5.97 Å². The number of thioether (sulfide) groups is 1. The van der Waals surface area contributed by atoms with Gasteiger partial charge in [-0.25, -0.2) is 0 Å². The molecule has 1 fully saturated rings. The average Bonchev–Trinajstić information content (AvgIpc) is 2.64. The van der Waals surface area contributed by atoms with E-state index in [1.54, 1.807) is 5.55 Å². The third-order valence-corrected chi connectivity index (χ3v) is 3.76. The zero-order valence-electron chi connectivity index (χ0n) is 6.15. The SMILES string of the molecule is CC1N=CSC2(C(=O)O)CC12. The minimum absolute atomic E-state index is 0.201. The zero-order valence-corrected chi connectivity index (χ0v) is 6.97. The monoisotopic (exact) mass is 171 g/mol. The van der Waals surface area contributed by atoms with Crippen molar-refractivity contribution in [2.75, 3.05) is 0 Å². The Morgan fingerprint density at radius 2 is 2.64 bits per heavy atom. The predicted molar refractivity (Wildman–Crippen MR) is 44.0 cm³/mol. The van der Waals surface area contributed by atoms with Crippen molar-refractivity contribution in [1.29, 1.82) is 0 Å². The van der Waals surface area contributed by atoms with Crippen LogP contribution in [0.3, 0.4) is 0 Å². The minimum Gasteiger partial charge on any atom is -0.480 e. The molecule has 1 N–H and O–H groups in total. The fraction of sp³-hybridized carbons (Fsp3) is 0.714. The zero-order chi connectivity index (χ0) is 8.06. The fourth-order valence-electron chi connectivity index (χ4n) is 1.58. The van der Waals surface area contributed by atoms with Crippen molar-refractivity contribution in [3.63, 3.8) is 0 Å². The van der Waals surface area contributed by atoms with Crippen LogP contribution in [0.4, 0.5) is 0 Å². The van der Waals surface area contributed by atoms with Crippen LogP contribution in [0.25, 0.3) is 0 Å². The summed E-state index contributed by atoms with van der Waals surface area (Å²) >= 11 is 1.36. The first-order valence-corrected chi connectivity index (χ1v) is 4.47. The summed E-state index contributed by atoms with van der Waals surface area (Å²) in [6, 6.07) is 0.201. The molecule has 0 bridgehead atoms. The van der Waals surface area contributed by atoms with Gasteiger partial charge in [0.05, 0.1) is 11.6 Å². The van der Waals surface area contributed by atoms with E-state index in [1.807, 2.05) is 6.92 Å². The number of hydrogen-bond donors (Lipinski definition) is 1. The molecule has 11 heavy (non-hydrogen) atoms. The molecule has 1 heterocycles. The van der Waals surface area contributed by atoms with Crippen LogP contribution < -0.4 is 0 Å². The summed E-state index contributed by atoms with van der Waals surface area (Å²) in [6.07, 6.45) is 0.786. The Morgan fingerprint density at radius 1 is 1.91 bits per heavy atom. The molecule has 0 radical (unpaired) electrons. The summed E-state index contributed by atoms with van der Waals surface area (Å²) < 4.78 is -0.499. The van der Waals surface area contributed by atoms with E-state index >= 15 is 0 Å². The highest BCUT2D eigenvalue weighted by molar-refractivity contribution is 8.14. The molecule has 4 heteroatoms. The Kier molecular flexibility index (Phi) is 1.30. The number of carbonyl (C=O) groups is 1. The Labute approximate surface area is 68.9 Å². The minimum atomic E-state index is -0.675. The third-order valence-electron chi connectivity index (χ3n) is 2.47. The first-order valence-electron chi connectivity index (χ1n) is 3.60. The number of nitrogens with zero attached hydrogens (tertiary/aromatic N) is 1. The number of fused-ring (bicyclic) bond motifs is 1. The van der Waals surface area contributed by atoms with E-state index in [1.165, 1.54) is 11.8 Å². The maximum Gasteiger partial charge on any atom is 0.320 e. The molecule has 3 atom stereocenters. The number of aliphatic carboxylic acids is 1. The summed E-state index contributed by atoms with van der Waals surface area (Å²) in [4.78, 5) is 14.9. The van der Waals surface area contributed by atoms with Crippen molar-refractivity contribution in [3.05, 3.63) is 0 Å². The smallest absolute Gasteiger partial charge is 0.320 e. The number of aliphatic imine (C=N–C) groups is 1. The second kappa shape index (κ2) is 2.00. The van der Waals surface area contributed by atoms with Gasteiger partial charge in [0.1, 0.15) is 4.75 Å². The first-order chi connectivity index (χ1) is 5.17. The van der Waals surface area contributed by atoms with Gasteiger partial charge in [-0.3, -0.25) is 9.79 Å². The summed E-state index contributed by atoms with van der Waals surface area (Å²) in [5, 5.41) is 8.87. The lowest BCUT2D eigenvalue weighted by Crippen LogP contribution is -2.26. The molecule has 60 valence electrons. The molecule has 0 aromatic carbocycles. The summed E-state index contributed by atoms with van der Waals surface area (Å²) in [5.74, 6) is -0.402. The largest absolute Gasteiger partial charge is 0.480 e. The second-order valence-corrected chi connectivity index (χ2v) is 4.29. The van der Waals surface area contributed by atoms with E-state index in [-0.39, 0.29) is 12.0 Å². The van der Waals surface area contributed by atoms with Gasteiger partial charge in [0, 0.05) is 5.92 Å². The summed E-state index contributed by atoms with van der Waals surface area (Å²) in [5.41, 5.74) is 1.68. The molecular formula is C7H9NO2S. The molecule has 2 aliphatic rings. The van der Waals surface area contributed by atoms with Crippen molar-refractivity contribution < 1.29 is 9.90 Å². The van der Waals surface area contributed by atoms with Gasteiger partial charge in [0.2, 0.25) is 0 Å². The molecule has 0 amide bonds. The lowest BCUT2D eigenvalue weighted by Gasteiger charge is -2.15. The van der Waals surface area contributed by atoms with Crippen molar-refractivity contribution in [2.24, 2.45) is 10.9 Å². The van der Waals surface area contributed by atoms with Crippen LogP contribution in [-0.4, -0.2) is 27.4 Å². The number of carboxylic acids is 1. The van der Waals surface area contributed by atoms with Gasteiger partial charge < -0.3 is 5.11 Å². The lowest BCUT2D eigenvalue weighted by molar-refractivity contribution is -0.137. The maximum atomic E-state index is 10.8. The van der Waals surface area contributed by atoms with Crippen molar-refractivity contribution in [2.45, 2.75) is 24.1 Å². The van der Waals surface area contributed by atoms with Gasteiger partial charge in [0.25, 0.3) is 0 Å². The van der Waals surface area contributed by atoms with Gasteiger partial charge in [-0.1, -0.05) is 11.8 Å². The second-order valence-electron chi connectivity index (χ2n) is 3.12. The topological polar surface area (TPSA) is 49.7 Å². The van der Waals surface area contributed by atoms with E-state index < -0.39 is 10.7 Å². The van der Waals surface area contributed by atoms with Crippen LogP contribution in [0.2, 0.25) is 0 Å². The predicted octanol–water partition coefficient (Wildman–Crippen LogP) is 0.993. The molecule has 3 nitrogen and oxygen atoms in total. The normalized spacial score (nSPS) is 46.6. The highest BCUT2D eigenvalue weighted by Crippen LogP contribution is 2.58. The lowest BCUT2D eigenvalue weighted by atomic mass is 10.2. The number of carboxylic acid groups (broad SMARTS) is 1. The summed E-state index contributed by atoms with van der Waals surface area (Å²) in [7, 11) is 0. The third kappa shape index (κ3) is 0.819. The van der Waals surface area contributed by atoms with Gasteiger partial charge in [-0.05, 0) is 13.3 Å². The van der Waals surface area contributed by atoms with Crippen LogP contribution in [0.15, 0.2) is 4.99 Å². The molecule has 0 saturated heterocycles. The van der Waals surface area contributed by atoms with Gasteiger partial charge in [-0.15, -0.1) is 0 Å². The van der Waals surface area contributed by atoms with Crippen LogP contribution in [-0.2, 0) is 4.79 Å². The number of hydrogen-bond acceptors (Lipinski definition) is 3. The fourth-order valence-corrected chi connectivity index (χ4v) is 2.77. The van der Waals surface area contributed by atoms with Crippen LogP contribution in [0.5, 0.6) is 0 Å². The van der Waals surface area contributed by atoms with Crippen LogP contribution in [0.1, 0.15) is 13.3 Å². The van der Waals surface area contributed by atoms with E-state index in [4.69, 9.17) is 5.11 Å². The highest BCUT2D eigenvalue weighted by Gasteiger charge is 2.64. The maximum absolute atomic E-state index is 10.8. The van der Waals surface area contributed by atoms with E-state index in [9.17, 15) is 4.79 Å². The van der Waals surface area contributed by atoms with E-state index in [2.05, 4.69) is 4.99 Å². The molecule has 3 unspecified atom stereocenters. The van der Waals surface area contributed by atoms with Crippen molar-refractivity contribution >= 4 is 23.3 Å². The molecule has 0 aromatic heterocycles. The quantitative estimate of drug-likeness (QED) is 0.640. The Hall–Kier alpha value is -0.510. The molecule has 0 aromatic rings. The molecule has 2 rings (SSSR count). The molecule has 0 spiro atoms. The molecule has 1 aliphatic heterocycles. The number of rotatable bonds is 1. The standard InChI is InChI=1S/C7H9NO2S/c1-4-5-2-7(5,6(9)10)11-3-8-4/h3-5H,2H2,1H3,(H,9,10). The van der Waals surface area contributed by atoms with Crippen molar-refractivity contribution in [1.82, 2.24) is 0 Å². The van der Waals surface area contributed by atoms with Crippen LogP contribution in [0, 0.1) is 5.92 Å². The highest BCUT2D eigenvalue weighted by atomic mass is 32.2. The van der Waals surface area contributed by atoms with E-state index in [0.29, 0.717) is 0 Å². The molecule has 1 saturated carbocycles. The Balaban J connectivity index is 2.23. The Bertz CT molecular complexity index is 241. The van der Waals surface area contributed by atoms with Crippen molar-refractivity contribution in [3.8, 4) is 0 Å². The van der Waals surface area contributed by atoms with E-state index in [0.717, 1.165) is 6.42 Å². The van der Waals surface area contributed by atoms with Gasteiger partial charge in [-0.2, -0.15) is 0 Å². The van der Waals surface area contributed by atoms with Crippen LogP contribution >= 0.6 is 11.8 Å². The first kappa shape index (κ1) is 7.16. The average molecular weight is 171 g/mol. The van der Waals surface area contributed by atoms with Gasteiger partial charge in [0.15, 0.2) is 0 Å². The summed E-state index contributed by atoms with van der Waals surface area (Å²) in [6.45, 7) is 1.98.